The van der Waals surface area contributed by atoms with Crippen LogP contribution in [0.4, 0.5) is 0 Å². The smallest absolute Gasteiger partial charge is 0.221 e. The fraction of sp³-hybridized carbons (Fsp3) is 0.353. The lowest BCUT2D eigenvalue weighted by atomic mass is 10.0. The Bertz CT molecular complexity index is 516. The number of amides is 1. The van der Waals surface area contributed by atoms with Crippen molar-refractivity contribution in [2.75, 3.05) is 0 Å². The van der Waals surface area contributed by atoms with Gasteiger partial charge in [-0.3, -0.25) is 4.79 Å². The number of hydrogen-bond donors (Lipinski definition) is 2. The molecule has 0 fully saturated rings. The van der Waals surface area contributed by atoms with Crippen molar-refractivity contribution in [1.29, 1.82) is 0 Å². The third-order valence-corrected chi connectivity index (χ3v) is 3.46. The maximum atomic E-state index is 11.9. The molecule has 0 saturated carbocycles. The van der Waals surface area contributed by atoms with Gasteiger partial charge in [0.15, 0.2) is 0 Å². The van der Waals surface area contributed by atoms with Crippen LogP contribution in [0.25, 0.3) is 0 Å². The lowest BCUT2D eigenvalue weighted by Crippen LogP contribution is -2.54. The van der Waals surface area contributed by atoms with E-state index in [1.165, 1.54) is 11.1 Å². The number of nitrogens with one attached hydrogen (secondary N) is 1. The number of carbonyl (C=O) groups is 1. The number of hydrogen-bond acceptors (Lipinski definition) is 2. The summed E-state index contributed by atoms with van der Waals surface area (Å²) in [6, 6.07) is 8.44. The first kappa shape index (κ1) is 14.5. The number of rotatable bonds is 5. The quantitative estimate of drug-likeness (QED) is 0.808. The van der Waals surface area contributed by atoms with Crippen LogP contribution >= 0.6 is 0 Å². The van der Waals surface area contributed by atoms with Crippen molar-refractivity contribution in [3.8, 4) is 0 Å². The zero-order chi connectivity index (χ0) is 14.4. The van der Waals surface area contributed by atoms with E-state index in [0.717, 1.165) is 12.8 Å². The molecule has 0 saturated heterocycles. The minimum atomic E-state index is -0.713. The van der Waals surface area contributed by atoms with Crippen molar-refractivity contribution in [3.05, 3.63) is 59.7 Å². The van der Waals surface area contributed by atoms with Gasteiger partial charge in [-0.15, -0.1) is 0 Å². The van der Waals surface area contributed by atoms with E-state index in [2.05, 4.69) is 36.5 Å². The Labute approximate surface area is 120 Å². The Morgan fingerprint density at radius 2 is 2.05 bits per heavy atom. The number of aryl methyl sites for hydroxylation is 2. The van der Waals surface area contributed by atoms with Crippen LogP contribution in [0.5, 0.6) is 0 Å². The molecule has 106 valence electrons. The normalized spacial score (nSPS) is 20.9. The summed E-state index contributed by atoms with van der Waals surface area (Å²) in [7, 11) is 0. The van der Waals surface area contributed by atoms with Crippen LogP contribution < -0.4 is 11.1 Å². The van der Waals surface area contributed by atoms with Crippen LogP contribution in [0.15, 0.2) is 48.6 Å². The molecule has 1 atom stereocenters. The average Bonchev–Trinajstić information content (AvgIpc) is 2.41. The molecule has 0 aromatic heterocycles. The van der Waals surface area contributed by atoms with Gasteiger partial charge in [0, 0.05) is 12.8 Å². The minimum absolute atomic E-state index is 0.0135. The molecule has 1 amide bonds. The van der Waals surface area contributed by atoms with Gasteiger partial charge in [-0.05, 0) is 31.4 Å². The Hall–Kier alpha value is -1.87. The highest BCUT2D eigenvalue weighted by atomic mass is 16.1. The maximum Gasteiger partial charge on any atom is 0.221 e. The standard InChI is InChI=1S/C17H22N2O/c1-14-8-10-15(11-9-14)6-5-7-16(20)19-17(18)12-3-2-4-13-17/h2-4,8-12H,5-7,13,18H2,1H3,(H,19,20). The van der Waals surface area contributed by atoms with Crippen LogP contribution in [0.1, 0.15) is 30.4 Å². The molecule has 3 heteroatoms. The summed E-state index contributed by atoms with van der Waals surface area (Å²) in [6.07, 6.45) is 10.5. The van der Waals surface area contributed by atoms with E-state index in [-0.39, 0.29) is 5.91 Å². The molecule has 3 nitrogen and oxygen atoms in total. The largest absolute Gasteiger partial charge is 0.335 e. The Kier molecular flexibility index (Phi) is 4.74. The summed E-state index contributed by atoms with van der Waals surface area (Å²) in [5, 5.41) is 2.89. The van der Waals surface area contributed by atoms with Gasteiger partial charge in [0.1, 0.15) is 5.66 Å². The van der Waals surface area contributed by atoms with Crippen molar-refractivity contribution >= 4 is 5.91 Å². The lowest BCUT2D eigenvalue weighted by molar-refractivity contribution is -0.122. The first-order chi connectivity index (χ1) is 9.57. The van der Waals surface area contributed by atoms with Gasteiger partial charge in [0.25, 0.3) is 0 Å². The molecule has 1 unspecified atom stereocenters. The molecule has 0 heterocycles. The molecular weight excluding hydrogens is 248 g/mol. The minimum Gasteiger partial charge on any atom is -0.335 e. The Morgan fingerprint density at radius 3 is 2.70 bits per heavy atom. The van der Waals surface area contributed by atoms with E-state index >= 15 is 0 Å². The van der Waals surface area contributed by atoms with E-state index in [1.807, 2.05) is 24.3 Å². The van der Waals surface area contributed by atoms with E-state index in [4.69, 9.17) is 5.73 Å². The highest BCUT2D eigenvalue weighted by Gasteiger charge is 2.23. The van der Waals surface area contributed by atoms with Crippen molar-refractivity contribution in [2.45, 2.75) is 38.3 Å². The van der Waals surface area contributed by atoms with Gasteiger partial charge in [-0.25, -0.2) is 0 Å². The molecule has 0 aliphatic heterocycles. The second kappa shape index (κ2) is 6.53. The zero-order valence-corrected chi connectivity index (χ0v) is 11.9. The second-order valence-corrected chi connectivity index (χ2v) is 5.42. The number of carbonyl (C=O) groups excluding carboxylic acids is 1. The molecule has 2 rings (SSSR count). The molecule has 1 aliphatic carbocycles. The maximum absolute atomic E-state index is 11.9. The van der Waals surface area contributed by atoms with Crippen molar-refractivity contribution in [2.24, 2.45) is 5.73 Å². The van der Waals surface area contributed by atoms with E-state index in [1.54, 1.807) is 0 Å². The Morgan fingerprint density at radius 1 is 1.30 bits per heavy atom. The summed E-state index contributed by atoms with van der Waals surface area (Å²) in [5.41, 5.74) is 7.90. The van der Waals surface area contributed by atoms with Crippen LogP contribution in [-0.4, -0.2) is 11.6 Å². The van der Waals surface area contributed by atoms with Crippen molar-refractivity contribution in [3.63, 3.8) is 0 Å². The molecule has 0 spiro atoms. The highest BCUT2D eigenvalue weighted by molar-refractivity contribution is 5.77. The van der Waals surface area contributed by atoms with Gasteiger partial charge in [-0.1, -0.05) is 48.1 Å². The van der Waals surface area contributed by atoms with Gasteiger partial charge in [-0.2, -0.15) is 0 Å². The Balaban J connectivity index is 1.74. The average molecular weight is 270 g/mol. The summed E-state index contributed by atoms with van der Waals surface area (Å²) in [6.45, 7) is 2.07. The van der Waals surface area contributed by atoms with E-state index < -0.39 is 5.66 Å². The molecule has 3 N–H and O–H groups in total. The monoisotopic (exact) mass is 270 g/mol. The predicted molar refractivity (Wildman–Crippen MR) is 82.1 cm³/mol. The van der Waals surface area contributed by atoms with Crippen LogP contribution in [0, 0.1) is 6.92 Å². The third-order valence-electron chi connectivity index (χ3n) is 3.46. The SMILES string of the molecule is Cc1ccc(CCCC(=O)NC2(N)C=CC=CC2)cc1. The predicted octanol–water partition coefficient (Wildman–Crippen LogP) is 2.61. The molecule has 1 aliphatic rings. The topological polar surface area (TPSA) is 55.1 Å². The van der Waals surface area contributed by atoms with E-state index in [9.17, 15) is 4.79 Å². The fourth-order valence-corrected chi connectivity index (χ4v) is 2.26. The summed E-state index contributed by atoms with van der Waals surface area (Å²) in [5.74, 6) is 0.0135. The van der Waals surface area contributed by atoms with Gasteiger partial charge < -0.3 is 11.1 Å². The fourth-order valence-electron chi connectivity index (χ4n) is 2.26. The van der Waals surface area contributed by atoms with Crippen LogP contribution in [0.2, 0.25) is 0 Å². The van der Waals surface area contributed by atoms with Gasteiger partial charge in [0.05, 0.1) is 0 Å². The molecule has 0 bridgehead atoms. The van der Waals surface area contributed by atoms with Gasteiger partial charge in [0.2, 0.25) is 5.91 Å². The summed E-state index contributed by atoms with van der Waals surface area (Å²) < 4.78 is 0. The number of nitrogens with two attached hydrogens (primary N) is 1. The molecular formula is C17H22N2O. The summed E-state index contributed by atoms with van der Waals surface area (Å²) >= 11 is 0. The second-order valence-electron chi connectivity index (χ2n) is 5.42. The van der Waals surface area contributed by atoms with Crippen LogP contribution in [0.3, 0.4) is 0 Å². The molecule has 0 radical (unpaired) electrons. The van der Waals surface area contributed by atoms with Gasteiger partial charge >= 0.3 is 0 Å². The van der Waals surface area contributed by atoms with Crippen LogP contribution in [-0.2, 0) is 11.2 Å². The first-order valence-electron chi connectivity index (χ1n) is 7.07. The third kappa shape index (κ3) is 4.35. The zero-order valence-electron chi connectivity index (χ0n) is 11.9. The molecule has 20 heavy (non-hydrogen) atoms. The van der Waals surface area contributed by atoms with E-state index in [0.29, 0.717) is 12.8 Å². The molecule has 1 aromatic rings. The summed E-state index contributed by atoms with van der Waals surface area (Å²) in [4.78, 5) is 11.9. The number of allylic oxidation sites excluding steroid dienone is 2. The molecule has 1 aromatic carbocycles. The first-order valence-corrected chi connectivity index (χ1v) is 7.07. The lowest BCUT2D eigenvalue weighted by Gasteiger charge is -2.27. The highest BCUT2D eigenvalue weighted by Crippen LogP contribution is 2.12. The van der Waals surface area contributed by atoms with Crippen molar-refractivity contribution < 1.29 is 4.79 Å². The number of benzene rings is 1. The van der Waals surface area contributed by atoms with Crippen molar-refractivity contribution in [1.82, 2.24) is 5.32 Å².